The van der Waals surface area contributed by atoms with Gasteiger partial charge < -0.3 is 10.4 Å². The minimum atomic E-state index is -1.07. The number of amides is 1. The zero-order valence-electron chi connectivity index (χ0n) is 10.5. The van der Waals surface area contributed by atoms with Gasteiger partial charge in [-0.25, -0.2) is 9.18 Å². The summed E-state index contributed by atoms with van der Waals surface area (Å²) in [6, 6.07) is 11.9. The number of carboxylic acid groups (broad SMARTS) is 1. The molecule has 0 unspecified atom stereocenters. The highest BCUT2D eigenvalue weighted by Gasteiger charge is 2.09. The van der Waals surface area contributed by atoms with Crippen molar-refractivity contribution in [2.24, 2.45) is 0 Å². The molecule has 0 atom stereocenters. The van der Waals surface area contributed by atoms with E-state index in [2.05, 4.69) is 5.32 Å². The number of rotatable bonds is 4. The van der Waals surface area contributed by atoms with Crippen LogP contribution in [0.1, 0.15) is 15.9 Å². The lowest BCUT2D eigenvalue weighted by Crippen LogP contribution is -2.15. The number of hydrogen-bond acceptors (Lipinski definition) is 2. The van der Waals surface area contributed by atoms with Gasteiger partial charge in [-0.05, 0) is 29.8 Å². The van der Waals surface area contributed by atoms with E-state index >= 15 is 0 Å². The molecule has 5 heteroatoms. The maximum absolute atomic E-state index is 13.4. The SMILES string of the molecule is O=C(Cc1ccccc1F)Nc1cccc(C(=O)O)c1. The van der Waals surface area contributed by atoms with Crippen LogP contribution >= 0.6 is 0 Å². The molecule has 102 valence electrons. The average molecular weight is 273 g/mol. The summed E-state index contributed by atoms with van der Waals surface area (Å²) in [6.07, 6.45) is -0.107. The summed E-state index contributed by atoms with van der Waals surface area (Å²) in [5, 5.41) is 11.4. The fourth-order valence-electron chi connectivity index (χ4n) is 1.75. The Morgan fingerprint density at radius 2 is 1.85 bits per heavy atom. The Labute approximate surface area is 114 Å². The molecule has 0 bridgehead atoms. The maximum Gasteiger partial charge on any atom is 0.335 e. The molecule has 20 heavy (non-hydrogen) atoms. The van der Waals surface area contributed by atoms with Crippen LogP contribution in [0.5, 0.6) is 0 Å². The molecule has 0 saturated heterocycles. The van der Waals surface area contributed by atoms with Crippen LogP contribution < -0.4 is 5.32 Å². The first kappa shape index (κ1) is 13.7. The fraction of sp³-hybridized carbons (Fsp3) is 0.0667. The number of benzene rings is 2. The van der Waals surface area contributed by atoms with Crippen molar-refractivity contribution in [1.82, 2.24) is 0 Å². The van der Waals surface area contributed by atoms with Gasteiger partial charge in [0.05, 0.1) is 12.0 Å². The Kier molecular flexibility index (Phi) is 4.10. The number of nitrogens with one attached hydrogen (secondary N) is 1. The molecule has 0 aliphatic heterocycles. The molecule has 0 fully saturated rings. The molecule has 1 amide bonds. The number of carboxylic acids is 1. The van der Waals surface area contributed by atoms with Crippen molar-refractivity contribution in [2.45, 2.75) is 6.42 Å². The first-order valence-electron chi connectivity index (χ1n) is 5.93. The molecular weight excluding hydrogens is 261 g/mol. The van der Waals surface area contributed by atoms with Crippen LogP contribution in [-0.2, 0) is 11.2 Å². The lowest BCUT2D eigenvalue weighted by molar-refractivity contribution is -0.115. The average Bonchev–Trinajstić information content (AvgIpc) is 2.41. The van der Waals surface area contributed by atoms with E-state index in [-0.39, 0.29) is 12.0 Å². The number of hydrogen-bond donors (Lipinski definition) is 2. The smallest absolute Gasteiger partial charge is 0.335 e. The number of carbonyl (C=O) groups excluding carboxylic acids is 1. The molecule has 0 aromatic heterocycles. The van der Waals surface area contributed by atoms with Gasteiger partial charge in [-0.2, -0.15) is 0 Å². The summed E-state index contributed by atoms with van der Waals surface area (Å²) in [6.45, 7) is 0. The van der Waals surface area contributed by atoms with Gasteiger partial charge in [-0.15, -0.1) is 0 Å². The third-order valence-corrected chi connectivity index (χ3v) is 2.70. The molecule has 2 N–H and O–H groups in total. The van der Waals surface area contributed by atoms with Crippen LogP contribution in [0.4, 0.5) is 10.1 Å². The highest BCUT2D eigenvalue weighted by molar-refractivity contribution is 5.94. The van der Waals surface area contributed by atoms with Crippen molar-refractivity contribution in [3.63, 3.8) is 0 Å². The van der Waals surface area contributed by atoms with Crippen molar-refractivity contribution < 1.29 is 19.1 Å². The van der Waals surface area contributed by atoms with Crippen LogP contribution in [0.15, 0.2) is 48.5 Å². The van der Waals surface area contributed by atoms with E-state index < -0.39 is 17.7 Å². The van der Waals surface area contributed by atoms with Crippen molar-refractivity contribution in [3.05, 3.63) is 65.5 Å². The molecule has 0 aliphatic rings. The van der Waals surface area contributed by atoms with Gasteiger partial charge in [0.25, 0.3) is 0 Å². The Morgan fingerprint density at radius 1 is 1.10 bits per heavy atom. The third kappa shape index (κ3) is 3.41. The predicted octanol–water partition coefficient (Wildman–Crippen LogP) is 2.71. The Morgan fingerprint density at radius 3 is 2.55 bits per heavy atom. The maximum atomic E-state index is 13.4. The monoisotopic (exact) mass is 273 g/mol. The molecule has 2 aromatic carbocycles. The zero-order valence-corrected chi connectivity index (χ0v) is 10.5. The van der Waals surface area contributed by atoms with Gasteiger partial charge in [0.15, 0.2) is 0 Å². The summed E-state index contributed by atoms with van der Waals surface area (Å²) < 4.78 is 13.4. The van der Waals surface area contributed by atoms with Gasteiger partial charge in [-0.3, -0.25) is 4.79 Å². The third-order valence-electron chi connectivity index (χ3n) is 2.70. The number of anilines is 1. The lowest BCUT2D eigenvalue weighted by atomic mass is 10.1. The predicted molar refractivity (Wildman–Crippen MR) is 72.1 cm³/mol. The van der Waals surface area contributed by atoms with E-state index in [9.17, 15) is 14.0 Å². The second-order valence-electron chi connectivity index (χ2n) is 4.20. The van der Waals surface area contributed by atoms with E-state index in [1.54, 1.807) is 18.2 Å². The fourth-order valence-corrected chi connectivity index (χ4v) is 1.75. The van der Waals surface area contributed by atoms with Gasteiger partial charge in [0, 0.05) is 5.69 Å². The second kappa shape index (κ2) is 5.97. The molecule has 2 aromatic rings. The standard InChI is InChI=1S/C15H12FNO3/c16-13-7-2-1-4-10(13)9-14(18)17-12-6-3-5-11(8-12)15(19)20/h1-8H,9H2,(H,17,18)(H,19,20). The second-order valence-corrected chi connectivity index (χ2v) is 4.20. The molecule has 0 heterocycles. The minimum absolute atomic E-state index is 0.0775. The van der Waals surface area contributed by atoms with Crippen molar-refractivity contribution >= 4 is 17.6 Å². The first-order chi connectivity index (χ1) is 9.56. The van der Waals surface area contributed by atoms with Crippen LogP contribution in [0.2, 0.25) is 0 Å². The van der Waals surface area contributed by atoms with E-state index in [0.29, 0.717) is 11.3 Å². The summed E-state index contributed by atoms with van der Waals surface area (Å²) in [4.78, 5) is 22.6. The van der Waals surface area contributed by atoms with Gasteiger partial charge in [0.2, 0.25) is 5.91 Å². The van der Waals surface area contributed by atoms with Crippen LogP contribution in [0.3, 0.4) is 0 Å². The normalized spacial score (nSPS) is 10.1. The highest BCUT2D eigenvalue weighted by Crippen LogP contribution is 2.12. The molecule has 0 radical (unpaired) electrons. The minimum Gasteiger partial charge on any atom is -0.478 e. The summed E-state index contributed by atoms with van der Waals surface area (Å²) in [5.41, 5.74) is 0.735. The Bertz CT molecular complexity index is 655. The molecule has 0 aliphatic carbocycles. The first-order valence-corrected chi connectivity index (χ1v) is 5.93. The largest absolute Gasteiger partial charge is 0.478 e. The zero-order chi connectivity index (χ0) is 14.5. The van der Waals surface area contributed by atoms with E-state index in [1.165, 1.54) is 30.3 Å². The van der Waals surface area contributed by atoms with E-state index in [1.807, 2.05) is 0 Å². The Hall–Kier alpha value is -2.69. The van der Waals surface area contributed by atoms with E-state index in [4.69, 9.17) is 5.11 Å². The summed E-state index contributed by atoms with van der Waals surface area (Å²) in [7, 11) is 0. The van der Waals surface area contributed by atoms with Crippen molar-refractivity contribution in [3.8, 4) is 0 Å². The lowest BCUT2D eigenvalue weighted by Gasteiger charge is -2.06. The molecule has 0 spiro atoms. The van der Waals surface area contributed by atoms with Crippen LogP contribution in [-0.4, -0.2) is 17.0 Å². The van der Waals surface area contributed by atoms with Crippen LogP contribution in [0, 0.1) is 5.82 Å². The van der Waals surface area contributed by atoms with Crippen LogP contribution in [0.25, 0.3) is 0 Å². The number of aromatic carboxylic acids is 1. The Balaban J connectivity index is 2.07. The number of halogens is 1. The van der Waals surface area contributed by atoms with Crippen molar-refractivity contribution in [2.75, 3.05) is 5.32 Å². The molecule has 4 nitrogen and oxygen atoms in total. The van der Waals surface area contributed by atoms with E-state index in [0.717, 1.165) is 0 Å². The molecular formula is C15H12FNO3. The molecule has 0 saturated carbocycles. The van der Waals surface area contributed by atoms with Gasteiger partial charge in [-0.1, -0.05) is 24.3 Å². The summed E-state index contributed by atoms with van der Waals surface area (Å²) >= 11 is 0. The number of carbonyl (C=O) groups is 2. The van der Waals surface area contributed by atoms with Crippen molar-refractivity contribution in [1.29, 1.82) is 0 Å². The topological polar surface area (TPSA) is 66.4 Å². The van der Waals surface area contributed by atoms with Gasteiger partial charge >= 0.3 is 5.97 Å². The quantitative estimate of drug-likeness (QED) is 0.900. The van der Waals surface area contributed by atoms with Gasteiger partial charge in [0.1, 0.15) is 5.82 Å². The summed E-state index contributed by atoms with van der Waals surface area (Å²) in [5.74, 6) is -1.92. The highest BCUT2D eigenvalue weighted by atomic mass is 19.1. The molecule has 2 rings (SSSR count).